The lowest BCUT2D eigenvalue weighted by Crippen LogP contribution is -2.52. The zero-order valence-corrected chi connectivity index (χ0v) is 16.6. The van der Waals surface area contributed by atoms with Crippen molar-refractivity contribution in [1.82, 2.24) is 10.2 Å². The van der Waals surface area contributed by atoms with Crippen molar-refractivity contribution in [3.63, 3.8) is 0 Å². The Morgan fingerprint density at radius 2 is 1.67 bits per heavy atom. The molecule has 1 N–H and O–H groups in total. The molecule has 2 aromatic rings. The SMILES string of the molecule is CC(C)NC(=O)N1CCN(c2ccc(OCc3ccc(Cl)cc3)cc2)CC1. The van der Waals surface area contributed by atoms with Crippen molar-refractivity contribution in [3.05, 3.63) is 59.1 Å². The maximum atomic E-state index is 12.1. The summed E-state index contributed by atoms with van der Waals surface area (Å²) in [5.41, 5.74) is 2.23. The smallest absolute Gasteiger partial charge is 0.317 e. The molecule has 27 heavy (non-hydrogen) atoms. The van der Waals surface area contributed by atoms with Crippen LogP contribution in [0.2, 0.25) is 5.02 Å². The molecule has 1 heterocycles. The van der Waals surface area contributed by atoms with E-state index in [0.717, 1.165) is 48.2 Å². The maximum Gasteiger partial charge on any atom is 0.317 e. The fourth-order valence-corrected chi connectivity index (χ4v) is 3.13. The van der Waals surface area contributed by atoms with Crippen molar-refractivity contribution in [2.75, 3.05) is 31.1 Å². The Hall–Kier alpha value is -2.40. The average Bonchev–Trinajstić information content (AvgIpc) is 2.67. The van der Waals surface area contributed by atoms with Crippen molar-refractivity contribution in [3.8, 4) is 5.75 Å². The molecule has 1 saturated heterocycles. The number of halogens is 1. The minimum Gasteiger partial charge on any atom is -0.489 e. The summed E-state index contributed by atoms with van der Waals surface area (Å²) in [6.45, 7) is 7.59. The number of carbonyl (C=O) groups excluding carboxylic acids is 1. The molecule has 0 aromatic heterocycles. The molecule has 0 radical (unpaired) electrons. The monoisotopic (exact) mass is 387 g/mol. The van der Waals surface area contributed by atoms with Gasteiger partial charge < -0.3 is 19.9 Å². The predicted molar refractivity (Wildman–Crippen MR) is 110 cm³/mol. The number of hydrogen-bond acceptors (Lipinski definition) is 3. The summed E-state index contributed by atoms with van der Waals surface area (Å²) in [4.78, 5) is 16.2. The van der Waals surface area contributed by atoms with Crippen LogP contribution in [0.15, 0.2) is 48.5 Å². The number of nitrogens with zero attached hydrogens (tertiary/aromatic N) is 2. The van der Waals surface area contributed by atoms with Gasteiger partial charge in [0.1, 0.15) is 12.4 Å². The number of hydrogen-bond donors (Lipinski definition) is 1. The highest BCUT2D eigenvalue weighted by Gasteiger charge is 2.21. The number of nitrogens with one attached hydrogen (secondary N) is 1. The Kier molecular flexibility index (Phi) is 6.45. The molecule has 0 aliphatic carbocycles. The van der Waals surface area contributed by atoms with Crippen molar-refractivity contribution < 1.29 is 9.53 Å². The van der Waals surface area contributed by atoms with Crippen LogP contribution in [0.1, 0.15) is 19.4 Å². The number of piperazine rings is 1. The van der Waals surface area contributed by atoms with Gasteiger partial charge in [0.05, 0.1) is 0 Å². The van der Waals surface area contributed by atoms with E-state index in [-0.39, 0.29) is 12.1 Å². The van der Waals surface area contributed by atoms with E-state index < -0.39 is 0 Å². The van der Waals surface area contributed by atoms with Gasteiger partial charge in [-0.05, 0) is 55.8 Å². The molecule has 0 spiro atoms. The van der Waals surface area contributed by atoms with E-state index in [1.165, 1.54) is 0 Å². The first-order valence-electron chi connectivity index (χ1n) is 9.29. The number of urea groups is 1. The molecule has 1 aliphatic heterocycles. The third-order valence-corrected chi connectivity index (χ3v) is 4.75. The second-order valence-corrected chi connectivity index (χ2v) is 7.42. The van der Waals surface area contributed by atoms with Gasteiger partial charge in [-0.25, -0.2) is 4.79 Å². The van der Waals surface area contributed by atoms with Crippen LogP contribution in [-0.2, 0) is 6.61 Å². The largest absolute Gasteiger partial charge is 0.489 e. The van der Waals surface area contributed by atoms with E-state index in [2.05, 4.69) is 22.3 Å². The standard InChI is InChI=1S/C21H26ClN3O2/c1-16(2)23-21(26)25-13-11-24(12-14-25)19-7-9-20(10-8-19)27-15-17-3-5-18(22)6-4-17/h3-10,16H,11-15H2,1-2H3,(H,23,26). The molecule has 0 bridgehead atoms. The third kappa shape index (κ3) is 5.54. The first-order valence-corrected chi connectivity index (χ1v) is 9.67. The lowest BCUT2D eigenvalue weighted by atomic mass is 10.2. The van der Waals surface area contributed by atoms with E-state index in [9.17, 15) is 4.79 Å². The van der Waals surface area contributed by atoms with Gasteiger partial charge in [-0.1, -0.05) is 23.7 Å². The van der Waals surface area contributed by atoms with Crippen LogP contribution in [-0.4, -0.2) is 43.2 Å². The highest BCUT2D eigenvalue weighted by Crippen LogP contribution is 2.22. The van der Waals surface area contributed by atoms with Crippen LogP contribution in [0.5, 0.6) is 5.75 Å². The topological polar surface area (TPSA) is 44.8 Å². The third-order valence-electron chi connectivity index (χ3n) is 4.50. The van der Waals surface area contributed by atoms with E-state index in [1.54, 1.807) is 0 Å². The van der Waals surface area contributed by atoms with Gasteiger partial charge in [-0.3, -0.25) is 0 Å². The molecular formula is C21H26ClN3O2. The normalized spacial score (nSPS) is 14.4. The Balaban J connectivity index is 1.49. The van der Waals surface area contributed by atoms with Gasteiger partial charge in [-0.2, -0.15) is 0 Å². The number of benzene rings is 2. The average molecular weight is 388 g/mol. The molecule has 0 unspecified atom stereocenters. The highest BCUT2D eigenvalue weighted by atomic mass is 35.5. The van der Waals surface area contributed by atoms with Crippen LogP contribution in [0.25, 0.3) is 0 Å². The van der Waals surface area contributed by atoms with Crippen molar-refractivity contribution >= 4 is 23.3 Å². The van der Waals surface area contributed by atoms with Gasteiger partial charge >= 0.3 is 6.03 Å². The number of rotatable bonds is 5. The molecule has 5 nitrogen and oxygen atoms in total. The lowest BCUT2D eigenvalue weighted by Gasteiger charge is -2.36. The zero-order chi connectivity index (χ0) is 19.2. The van der Waals surface area contributed by atoms with Crippen LogP contribution in [0, 0.1) is 0 Å². The van der Waals surface area contributed by atoms with Crippen LogP contribution < -0.4 is 15.0 Å². The predicted octanol–water partition coefficient (Wildman–Crippen LogP) is 4.16. The quantitative estimate of drug-likeness (QED) is 0.837. The van der Waals surface area contributed by atoms with E-state index in [4.69, 9.17) is 16.3 Å². The summed E-state index contributed by atoms with van der Waals surface area (Å²) in [6.07, 6.45) is 0. The fraction of sp³-hybridized carbons (Fsp3) is 0.381. The molecular weight excluding hydrogens is 362 g/mol. The minimum atomic E-state index is 0.0237. The molecule has 2 aromatic carbocycles. The van der Waals surface area contributed by atoms with Gasteiger partial charge in [0, 0.05) is 42.9 Å². The molecule has 1 fully saturated rings. The van der Waals surface area contributed by atoms with E-state index >= 15 is 0 Å². The van der Waals surface area contributed by atoms with E-state index in [1.807, 2.05) is 55.1 Å². The van der Waals surface area contributed by atoms with Gasteiger partial charge in [-0.15, -0.1) is 0 Å². The number of carbonyl (C=O) groups is 1. The van der Waals surface area contributed by atoms with Crippen molar-refractivity contribution in [1.29, 1.82) is 0 Å². The summed E-state index contributed by atoms with van der Waals surface area (Å²) in [5, 5.41) is 3.68. The van der Waals surface area contributed by atoms with Crippen molar-refractivity contribution in [2.45, 2.75) is 26.5 Å². The fourth-order valence-electron chi connectivity index (χ4n) is 3.01. The summed E-state index contributed by atoms with van der Waals surface area (Å²) in [7, 11) is 0. The Bertz CT molecular complexity index is 739. The maximum absolute atomic E-state index is 12.1. The van der Waals surface area contributed by atoms with Gasteiger partial charge in [0.25, 0.3) is 0 Å². The Morgan fingerprint density at radius 3 is 2.26 bits per heavy atom. The highest BCUT2D eigenvalue weighted by molar-refractivity contribution is 6.30. The van der Waals surface area contributed by atoms with Gasteiger partial charge in [0.2, 0.25) is 0 Å². The number of anilines is 1. The summed E-state index contributed by atoms with van der Waals surface area (Å²) >= 11 is 5.90. The van der Waals surface area contributed by atoms with E-state index in [0.29, 0.717) is 6.61 Å². The number of ether oxygens (including phenoxy) is 1. The van der Waals surface area contributed by atoms with Gasteiger partial charge in [0.15, 0.2) is 0 Å². The molecule has 2 amide bonds. The molecule has 6 heteroatoms. The Morgan fingerprint density at radius 1 is 1.04 bits per heavy atom. The molecule has 1 aliphatic rings. The second kappa shape index (κ2) is 9.00. The lowest BCUT2D eigenvalue weighted by molar-refractivity contribution is 0.192. The first kappa shape index (κ1) is 19.4. The van der Waals surface area contributed by atoms with Crippen molar-refractivity contribution in [2.24, 2.45) is 0 Å². The summed E-state index contributed by atoms with van der Waals surface area (Å²) in [6, 6.07) is 16.0. The van der Waals surface area contributed by atoms with Crippen LogP contribution in [0.4, 0.5) is 10.5 Å². The minimum absolute atomic E-state index is 0.0237. The molecule has 3 rings (SSSR count). The molecule has 0 saturated carbocycles. The van der Waals surface area contributed by atoms with Crippen LogP contribution in [0.3, 0.4) is 0 Å². The summed E-state index contributed by atoms with van der Waals surface area (Å²) < 4.78 is 5.84. The summed E-state index contributed by atoms with van der Waals surface area (Å²) in [5.74, 6) is 0.837. The molecule has 0 atom stereocenters. The van der Waals surface area contributed by atoms with Crippen LogP contribution >= 0.6 is 11.6 Å². The molecule has 144 valence electrons. The number of amides is 2. The first-order chi connectivity index (χ1) is 13.0. The second-order valence-electron chi connectivity index (χ2n) is 6.99. The zero-order valence-electron chi connectivity index (χ0n) is 15.8. The Labute approximate surface area is 165 Å².